The van der Waals surface area contributed by atoms with Crippen LogP contribution in [0.15, 0.2) is 59.6 Å². The number of thiazole rings is 1. The molecule has 0 saturated carbocycles. The molecular formula is C22H20F3N3O3S2. The molecule has 1 aliphatic rings. The lowest BCUT2D eigenvalue weighted by atomic mass is 10.1. The first-order valence-electron chi connectivity index (χ1n) is 10.2. The van der Waals surface area contributed by atoms with Gasteiger partial charge in [0.25, 0.3) is 5.91 Å². The Hall–Kier alpha value is -2.76. The van der Waals surface area contributed by atoms with Crippen molar-refractivity contribution in [2.45, 2.75) is 30.3 Å². The van der Waals surface area contributed by atoms with E-state index in [0.29, 0.717) is 23.5 Å². The van der Waals surface area contributed by atoms with Crippen LogP contribution in [0.25, 0.3) is 0 Å². The van der Waals surface area contributed by atoms with Gasteiger partial charge in [0, 0.05) is 36.1 Å². The predicted octanol–water partition coefficient (Wildman–Crippen LogP) is 4.79. The average Bonchev–Trinajstić information content (AvgIpc) is 3.46. The summed E-state index contributed by atoms with van der Waals surface area (Å²) in [6.07, 6.45) is -1.06. The standard InChI is InChI=1S/C22H20F3N3O3S2/c23-22(24,25)17-7-3-5-15(11-17)12-18-14-26-21(32-18)27-20(29)16-6-4-8-19(13-16)33(30,31)28-9-1-2-10-28/h3-8,11,13-14H,1-2,9-10,12H2,(H,26,27,29). The van der Waals surface area contributed by atoms with E-state index in [0.717, 1.165) is 36.3 Å². The Morgan fingerprint density at radius 1 is 1.09 bits per heavy atom. The fourth-order valence-electron chi connectivity index (χ4n) is 3.55. The lowest BCUT2D eigenvalue weighted by Gasteiger charge is -2.15. The first kappa shape index (κ1) is 23.4. The van der Waals surface area contributed by atoms with E-state index in [9.17, 15) is 26.4 Å². The number of nitrogens with zero attached hydrogens (tertiary/aromatic N) is 2. The Balaban J connectivity index is 1.45. The van der Waals surface area contributed by atoms with Crippen molar-refractivity contribution >= 4 is 32.4 Å². The summed E-state index contributed by atoms with van der Waals surface area (Å²) in [4.78, 5) is 17.5. The number of hydrogen-bond acceptors (Lipinski definition) is 5. The molecule has 1 N–H and O–H groups in total. The average molecular weight is 496 g/mol. The SMILES string of the molecule is O=C(Nc1ncc(Cc2cccc(C(F)(F)F)c2)s1)c1cccc(S(=O)(=O)N2CCCC2)c1. The number of sulfonamides is 1. The molecule has 1 amide bonds. The highest BCUT2D eigenvalue weighted by molar-refractivity contribution is 7.89. The van der Waals surface area contributed by atoms with Crippen molar-refractivity contribution in [3.63, 3.8) is 0 Å². The first-order chi connectivity index (χ1) is 15.6. The molecule has 0 spiro atoms. The van der Waals surface area contributed by atoms with E-state index >= 15 is 0 Å². The zero-order valence-electron chi connectivity index (χ0n) is 17.3. The van der Waals surface area contributed by atoms with Crippen LogP contribution in [0, 0.1) is 0 Å². The smallest absolute Gasteiger partial charge is 0.298 e. The molecular weight excluding hydrogens is 475 g/mol. The number of halogens is 3. The monoisotopic (exact) mass is 495 g/mol. The topological polar surface area (TPSA) is 79.4 Å². The van der Waals surface area contributed by atoms with Gasteiger partial charge in [0.15, 0.2) is 5.13 Å². The molecule has 174 valence electrons. The van der Waals surface area contributed by atoms with Gasteiger partial charge in [0.05, 0.1) is 10.5 Å². The van der Waals surface area contributed by atoms with Crippen LogP contribution in [0.1, 0.15) is 39.2 Å². The van der Waals surface area contributed by atoms with E-state index in [2.05, 4.69) is 10.3 Å². The van der Waals surface area contributed by atoms with Crippen LogP contribution < -0.4 is 5.32 Å². The minimum atomic E-state index is -4.42. The number of carbonyl (C=O) groups is 1. The summed E-state index contributed by atoms with van der Waals surface area (Å²) in [5.41, 5.74) is -0.0714. The third kappa shape index (κ3) is 5.43. The van der Waals surface area contributed by atoms with Crippen LogP contribution >= 0.6 is 11.3 Å². The molecule has 3 aromatic rings. The summed E-state index contributed by atoms with van der Waals surface area (Å²) in [6.45, 7) is 0.930. The summed E-state index contributed by atoms with van der Waals surface area (Å²) in [7, 11) is -3.65. The Labute approximate surface area is 193 Å². The molecule has 1 saturated heterocycles. The maximum atomic E-state index is 12.9. The third-order valence-corrected chi connectivity index (χ3v) is 8.01. The van der Waals surface area contributed by atoms with Gasteiger partial charge in [-0.25, -0.2) is 13.4 Å². The number of nitrogens with one attached hydrogen (secondary N) is 1. The quantitative estimate of drug-likeness (QED) is 0.533. The van der Waals surface area contributed by atoms with Crippen molar-refractivity contribution in [1.82, 2.24) is 9.29 Å². The Morgan fingerprint density at radius 3 is 2.55 bits per heavy atom. The van der Waals surface area contributed by atoms with Crippen molar-refractivity contribution in [2.24, 2.45) is 0 Å². The molecule has 2 heterocycles. The summed E-state index contributed by atoms with van der Waals surface area (Å²) in [6, 6.07) is 10.9. The zero-order valence-corrected chi connectivity index (χ0v) is 18.9. The predicted molar refractivity (Wildman–Crippen MR) is 119 cm³/mol. The van der Waals surface area contributed by atoms with Gasteiger partial charge in [-0.1, -0.05) is 24.3 Å². The number of rotatable bonds is 6. The number of amides is 1. The highest BCUT2D eigenvalue weighted by Gasteiger charge is 2.30. The van der Waals surface area contributed by atoms with Gasteiger partial charge in [-0.15, -0.1) is 11.3 Å². The molecule has 0 unspecified atom stereocenters. The van der Waals surface area contributed by atoms with Crippen LogP contribution in [0.5, 0.6) is 0 Å². The van der Waals surface area contributed by atoms with E-state index in [4.69, 9.17) is 0 Å². The van der Waals surface area contributed by atoms with Gasteiger partial charge < -0.3 is 0 Å². The number of aromatic nitrogens is 1. The van der Waals surface area contributed by atoms with Crippen molar-refractivity contribution in [3.8, 4) is 0 Å². The maximum absolute atomic E-state index is 12.9. The fraction of sp³-hybridized carbons (Fsp3) is 0.273. The van der Waals surface area contributed by atoms with Gasteiger partial charge in [0.1, 0.15) is 0 Å². The summed E-state index contributed by atoms with van der Waals surface area (Å²) in [5, 5.41) is 2.90. The van der Waals surface area contributed by atoms with Crippen molar-refractivity contribution in [1.29, 1.82) is 0 Å². The van der Waals surface area contributed by atoms with Crippen molar-refractivity contribution in [3.05, 3.63) is 76.3 Å². The third-order valence-electron chi connectivity index (χ3n) is 5.21. The molecule has 1 aromatic heterocycles. The van der Waals surface area contributed by atoms with Crippen molar-refractivity contribution in [2.75, 3.05) is 18.4 Å². The van der Waals surface area contributed by atoms with Gasteiger partial charge in [0.2, 0.25) is 10.0 Å². The van der Waals surface area contributed by atoms with Crippen molar-refractivity contribution < 1.29 is 26.4 Å². The fourth-order valence-corrected chi connectivity index (χ4v) is 5.96. The number of benzene rings is 2. The highest BCUT2D eigenvalue weighted by atomic mass is 32.2. The summed E-state index contributed by atoms with van der Waals surface area (Å²) >= 11 is 1.14. The maximum Gasteiger partial charge on any atom is 0.416 e. The Bertz CT molecular complexity index is 1270. The molecule has 2 aromatic carbocycles. The van der Waals surface area contributed by atoms with E-state index in [-0.39, 0.29) is 22.0 Å². The number of anilines is 1. The molecule has 4 rings (SSSR count). The van der Waals surface area contributed by atoms with Gasteiger partial charge in [-0.3, -0.25) is 10.1 Å². The summed E-state index contributed by atoms with van der Waals surface area (Å²) < 4.78 is 65.6. The van der Waals surface area contributed by atoms with Crippen LogP contribution in [-0.4, -0.2) is 36.7 Å². The minimum Gasteiger partial charge on any atom is -0.298 e. The first-order valence-corrected chi connectivity index (χ1v) is 12.4. The van der Waals surface area contributed by atoms with Crippen LogP contribution in [0.4, 0.5) is 18.3 Å². The molecule has 33 heavy (non-hydrogen) atoms. The second-order valence-electron chi connectivity index (χ2n) is 7.60. The van der Waals surface area contributed by atoms with E-state index in [1.54, 1.807) is 6.07 Å². The lowest BCUT2D eigenvalue weighted by molar-refractivity contribution is -0.137. The molecule has 1 fully saturated rings. The van der Waals surface area contributed by atoms with Crippen LogP contribution in [0.2, 0.25) is 0 Å². The van der Waals surface area contributed by atoms with E-state index < -0.39 is 27.7 Å². The Kier molecular flexibility index (Phi) is 6.55. The second-order valence-corrected chi connectivity index (χ2v) is 10.7. The van der Waals surface area contributed by atoms with E-state index in [1.807, 2.05) is 0 Å². The molecule has 1 aliphatic heterocycles. The number of hydrogen-bond donors (Lipinski definition) is 1. The molecule has 0 aliphatic carbocycles. The second kappa shape index (κ2) is 9.24. The van der Waals surface area contributed by atoms with Gasteiger partial charge >= 0.3 is 6.18 Å². The largest absolute Gasteiger partial charge is 0.416 e. The lowest BCUT2D eigenvalue weighted by Crippen LogP contribution is -2.28. The molecule has 0 bridgehead atoms. The molecule has 0 atom stereocenters. The number of alkyl halides is 3. The molecule has 0 radical (unpaired) electrons. The van der Waals surface area contributed by atoms with Gasteiger partial charge in [-0.2, -0.15) is 17.5 Å². The normalized spacial score (nSPS) is 15.0. The van der Waals surface area contributed by atoms with E-state index in [1.165, 1.54) is 40.8 Å². The zero-order chi connectivity index (χ0) is 23.6. The Morgan fingerprint density at radius 2 is 1.82 bits per heavy atom. The molecule has 6 nitrogen and oxygen atoms in total. The van der Waals surface area contributed by atoms with Crippen LogP contribution in [0.3, 0.4) is 0 Å². The molecule has 11 heteroatoms. The number of carbonyl (C=O) groups excluding carboxylic acids is 1. The minimum absolute atomic E-state index is 0.0569. The highest BCUT2D eigenvalue weighted by Crippen LogP contribution is 2.31. The van der Waals surface area contributed by atoms with Gasteiger partial charge in [-0.05, 0) is 42.7 Å². The van der Waals surface area contributed by atoms with Crippen LogP contribution in [-0.2, 0) is 22.6 Å². The summed E-state index contributed by atoms with van der Waals surface area (Å²) in [5.74, 6) is -0.520.